The number of imidazole rings is 1. The van der Waals surface area contributed by atoms with Gasteiger partial charge in [0.25, 0.3) is 0 Å². The van der Waals surface area contributed by atoms with Gasteiger partial charge in [0, 0.05) is 32.6 Å². The summed E-state index contributed by atoms with van der Waals surface area (Å²) in [5.74, 6) is 1.83. The zero-order valence-corrected chi connectivity index (χ0v) is 12.1. The molecule has 0 radical (unpaired) electrons. The molecule has 0 atom stereocenters. The van der Waals surface area contributed by atoms with Gasteiger partial charge in [-0.2, -0.15) is 0 Å². The minimum atomic E-state index is 0.722. The molecule has 1 aromatic heterocycles. The van der Waals surface area contributed by atoms with Gasteiger partial charge < -0.3 is 19.5 Å². The molecular weight excluding hydrogens is 240 g/mol. The number of ether oxygens (including phenoxy) is 1. The lowest BCUT2D eigenvalue weighted by molar-refractivity contribution is 0.187. The molecule has 108 valence electrons. The highest BCUT2D eigenvalue weighted by atomic mass is 16.5. The van der Waals surface area contributed by atoms with Gasteiger partial charge in [-0.1, -0.05) is 0 Å². The molecule has 5 heteroatoms. The number of anilines is 1. The first-order valence-electron chi connectivity index (χ1n) is 7.22. The first-order chi connectivity index (χ1) is 9.29. The summed E-state index contributed by atoms with van der Waals surface area (Å²) >= 11 is 0. The summed E-state index contributed by atoms with van der Waals surface area (Å²) in [7, 11) is 3.94. The molecule has 1 aliphatic heterocycles. The number of hydrogen-bond donors (Lipinski definition) is 1. The van der Waals surface area contributed by atoms with Crippen molar-refractivity contribution in [3.8, 4) is 0 Å². The van der Waals surface area contributed by atoms with Crippen LogP contribution in [0.2, 0.25) is 0 Å². The molecule has 0 unspecified atom stereocenters. The Hall–Kier alpha value is -1.07. The summed E-state index contributed by atoms with van der Waals surface area (Å²) in [6, 6.07) is 0. The Bertz CT molecular complexity index is 358. The van der Waals surface area contributed by atoms with Crippen molar-refractivity contribution in [1.82, 2.24) is 14.5 Å². The number of rotatable bonds is 7. The second-order valence-electron chi connectivity index (χ2n) is 5.40. The molecule has 1 aliphatic rings. The molecule has 1 N–H and O–H groups in total. The van der Waals surface area contributed by atoms with E-state index < -0.39 is 0 Å². The van der Waals surface area contributed by atoms with Gasteiger partial charge in [0.15, 0.2) is 0 Å². The lowest BCUT2D eigenvalue weighted by atomic mass is 9.94. The van der Waals surface area contributed by atoms with Crippen LogP contribution in [-0.2, 0) is 11.3 Å². The van der Waals surface area contributed by atoms with Crippen LogP contribution >= 0.6 is 0 Å². The molecule has 1 saturated heterocycles. The summed E-state index contributed by atoms with van der Waals surface area (Å²) in [4.78, 5) is 6.77. The van der Waals surface area contributed by atoms with E-state index in [-0.39, 0.29) is 0 Å². The van der Waals surface area contributed by atoms with Gasteiger partial charge in [0.05, 0.1) is 6.61 Å². The standard InChI is InChI=1S/C14H26N4O/c1-17-8-4-13(5-9-17)3-6-15-14-16-7-10-18(14)11-12-19-2/h7,10,13H,3-6,8-9,11-12H2,1-2H3,(H,15,16). The van der Waals surface area contributed by atoms with Gasteiger partial charge in [-0.3, -0.25) is 0 Å². The van der Waals surface area contributed by atoms with Crippen molar-refractivity contribution in [3.05, 3.63) is 12.4 Å². The highest BCUT2D eigenvalue weighted by Crippen LogP contribution is 2.19. The average molecular weight is 266 g/mol. The molecule has 5 nitrogen and oxygen atoms in total. The van der Waals surface area contributed by atoms with Gasteiger partial charge in [-0.15, -0.1) is 0 Å². The molecule has 1 fully saturated rings. The van der Waals surface area contributed by atoms with Crippen molar-refractivity contribution < 1.29 is 4.74 Å². The number of piperidine rings is 1. The maximum Gasteiger partial charge on any atom is 0.202 e. The van der Waals surface area contributed by atoms with E-state index in [1.54, 1.807) is 7.11 Å². The van der Waals surface area contributed by atoms with Crippen molar-refractivity contribution in [1.29, 1.82) is 0 Å². The summed E-state index contributed by atoms with van der Waals surface area (Å²) in [5, 5.41) is 3.44. The van der Waals surface area contributed by atoms with Crippen LogP contribution < -0.4 is 5.32 Å². The van der Waals surface area contributed by atoms with Gasteiger partial charge >= 0.3 is 0 Å². The van der Waals surface area contributed by atoms with Crippen LogP contribution in [0, 0.1) is 5.92 Å². The van der Waals surface area contributed by atoms with E-state index in [9.17, 15) is 0 Å². The molecule has 0 spiro atoms. The normalized spacial score (nSPS) is 17.8. The van der Waals surface area contributed by atoms with Gasteiger partial charge in [0.2, 0.25) is 5.95 Å². The molecular formula is C14H26N4O. The lowest BCUT2D eigenvalue weighted by Gasteiger charge is -2.28. The first-order valence-corrected chi connectivity index (χ1v) is 7.22. The minimum absolute atomic E-state index is 0.722. The maximum absolute atomic E-state index is 5.10. The SMILES string of the molecule is COCCn1ccnc1NCCC1CCN(C)CC1. The lowest BCUT2D eigenvalue weighted by Crippen LogP contribution is -2.31. The Labute approximate surface area is 116 Å². The average Bonchev–Trinajstić information content (AvgIpc) is 2.86. The third-order valence-corrected chi connectivity index (χ3v) is 3.93. The number of methoxy groups -OCH3 is 1. The fraction of sp³-hybridized carbons (Fsp3) is 0.786. The number of nitrogens with zero attached hydrogens (tertiary/aromatic N) is 3. The molecule has 0 aliphatic carbocycles. The third-order valence-electron chi connectivity index (χ3n) is 3.93. The molecule has 1 aromatic rings. The Morgan fingerprint density at radius 3 is 2.95 bits per heavy atom. The monoisotopic (exact) mass is 266 g/mol. The molecule has 0 saturated carbocycles. The predicted octanol–water partition coefficient (Wildman–Crippen LogP) is 1.67. The van der Waals surface area contributed by atoms with Crippen molar-refractivity contribution in [2.75, 3.05) is 45.7 Å². The van der Waals surface area contributed by atoms with Gasteiger partial charge in [-0.25, -0.2) is 4.98 Å². The van der Waals surface area contributed by atoms with E-state index >= 15 is 0 Å². The fourth-order valence-corrected chi connectivity index (χ4v) is 2.59. The highest BCUT2D eigenvalue weighted by molar-refractivity contribution is 5.25. The van der Waals surface area contributed by atoms with E-state index in [1.165, 1.54) is 32.4 Å². The topological polar surface area (TPSA) is 42.3 Å². The summed E-state index contributed by atoms with van der Waals surface area (Å²) in [6.07, 6.45) is 7.74. The van der Waals surface area contributed by atoms with Crippen molar-refractivity contribution >= 4 is 5.95 Å². The maximum atomic E-state index is 5.10. The van der Waals surface area contributed by atoms with Crippen LogP contribution in [0.15, 0.2) is 12.4 Å². The van der Waals surface area contributed by atoms with E-state index in [4.69, 9.17) is 4.74 Å². The van der Waals surface area contributed by atoms with E-state index in [2.05, 4.69) is 26.8 Å². The Morgan fingerprint density at radius 1 is 1.42 bits per heavy atom. The second kappa shape index (κ2) is 7.50. The van der Waals surface area contributed by atoms with Crippen LogP contribution in [0.5, 0.6) is 0 Å². The molecule has 19 heavy (non-hydrogen) atoms. The fourth-order valence-electron chi connectivity index (χ4n) is 2.59. The van der Waals surface area contributed by atoms with Crippen LogP contribution in [-0.4, -0.2) is 54.8 Å². The third kappa shape index (κ3) is 4.51. The largest absolute Gasteiger partial charge is 0.383 e. The summed E-state index contributed by atoms with van der Waals surface area (Å²) in [5.41, 5.74) is 0. The summed E-state index contributed by atoms with van der Waals surface area (Å²) in [6.45, 7) is 5.08. The van der Waals surface area contributed by atoms with Crippen LogP contribution in [0.4, 0.5) is 5.95 Å². The molecule has 2 rings (SSSR count). The van der Waals surface area contributed by atoms with Crippen LogP contribution in [0.25, 0.3) is 0 Å². The van der Waals surface area contributed by atoms with E-state index in [1.807, 2.05) is 12.4 Å². The van der Waals surface area contributed by atoms with E-state index in [0.29, 0.717) is 0 Å². The Kier molecular flexibility index (Phi) is 5.66. The Morgan fingerprint density at radius 2 is 2.21 bits per heavy atom. The number of likely N-dealkylation sites (tertiary alicyclic amines) is 1. The van der Waals surface area contributed by atoms with Crippen molar-refractivity contribution in [2.45, 2.75) is 25.8 Å². The van der Waals surface area contributed by atoms with Crippen molar-refractivity contribution in [3.63, 3.8) is 0 Å². The molecule has 0 aromatic carbocycles. The van der Waals surface area contributed by atoms with Gasteiger partial charge in [0.1, 0.15) is 0 Å². The quantitative estimate of drug-likeness (QED) is 0.815. The van der Waals surface area contributed by atoms with E-state index in [0.717, 1.165) is 31.6 Å². The number of hydrogen-bond acceptors (Lipinski definition) is 4. The molecule has 2 heterocycles. The minimum Gasteiger partial charge on any atom is -0.383 e. The zero-order chi connectivity index (χ0) is 13.5. The van der Waals surface area contributed by atoms with Crippen LogP contribution in [0.1, 0.15) is 19.3 Å². The summed E-state index contributed by atoms with van der Waals surface area (Å²) < 4.78 is 7.21. The predicted molar refractivity (Wildman–Crippen MR) is 77.4 cm³/mol. The van der Waals surface area contributed by atoms with Crippen molar-refractivity contribution in [2.24, 2.45) is 5.92 Å². The zero-order valence-electron chi connectivity index (χ0n) is 12.1. The molecule has 0 bridgehead atoms. The number of aromatic nitrogens is 2. The molecule has 0 amide bonds. The van der Waals surface area contributed by atoms with Gasteiger partial charge in [-0.05, 0) is 45.3 Å². The first kappa shape index (κ1) is 14.3. The van der Waals surface area contributed by atoms with Crippen LogP contribution in [0.3, 0.4) is 0 Å². The smallest absolute Gasteiger partial charge is 0.202 e. The Balaban J connectivity index is 1.69. The number of nitrogens with one attached hydrogen (secondary N) is 1. The second-order valence-corrected chi connectivity index (χ2v) is 5.40. The highest BCUT2D eigenvalue weighted by Gasteiger charge is 2.16.